The molecule has 1 aromatic carbocycles. The summed E-state index contributed by atoms with van der Waals surface area (Å²) in [6.45, 7) is 12.7. The molecule has 0 saturated carbocycles. The summed E-state index contributed by atoms with van der Waals surface area (Å²) in [5.41, 5.74) is -0.251. The van der Waals surface area contributed by atoms with Gasteiger partial charge in [0.1, 0.15) is 12.2 Å². The first-order valence-electron chi connectivity index (χ1n) is 8.77. The van der Waals surface area contributed by atoms with Crippen molar-refractivity contribution in [1.82, 2.24) is 0 Å². The summed E-state index contributed by atoms with van der Waals surface area (Å²) in [4.78, 5) is 12.1. The van der Waals surface area contributed by atoms with Crippen LogP contribution in [0.1, 0.15) is 43.5 Å². The third-order valence-corrected chi connectivity index (χ3v) is 3.81. The summed E-state index contributed by atoms with van der Waals surface area (Å²) < 4.78 is 17.1. The molecular weight excluding hydrogens is 316 g/mol. The molecule has 0 heterocycles. The second-order valence-electron chi connectivity index (χ2n) is 6.14. The maximum Gasteiger partial charge on any atom is 0.338 e. The Hall–Kier alpha value is -1.91. The van der Waals surface area contributed by atoms with Crippen LogP contribution in [0.5, 0.6) is 0 Å². The van der Waals surface area contributed by atoms with Crippen LogP contribution < -0.4 is 0 Å². The number of carbonyl (C=O) groups excluding carboxylic acids is 1. The molecule has 0 bridgehead atoms. The Kier molecular flexibility index (Phi) is 9.81. The average Bonchev–Trinajstić information content (AvgIpc) is 2.65. The van der Waals surface area contributed by atoms with Gasteiger partial charge in [0.15, 0.2) is 0 Å². The van der Waals surface area contributed by atoms with E-state index in [0.717, 1.165) is 12.8 Å². The lowest BCUT2D eigenvalue weighted by molar-refractivity contribution is -0.0877. The molecule has 0 aliphatic heterocycles. The zero-order chi connectivity index (χ0) is 18.5. The summed E-state index contributed by atoms with van der Waals surface area (Å²) in [5.74, 6) is -0.376. The highest BCUT2D eigenvalue weighted by Gasteiger charge is 2.25. The minimum atomic E-state index is -0.766. The fourth-order valence-corrected chi connectivity index (χ4v) is 2.07. The van der Waals surface area contributed by atoms with Crippen molar-refractivity contribution in [3.05, 3.63) is 61.2 Å². The van der Waals surface area contributed by atoms with Crippen LogP contribution >= 0.6 is 0 Å². The van der Waals surface area contributed by atoms with Crippen LogP contribution in [0.4, 0.5) is 0 Å². The summed E-state index contributed by atoms with van der Waals surface area (Å²) in [6, 6.07) is 8.89. The first kappa shape index (κ1) is 21.1. The first-order chi connectivity index (χ1) is 12.0. The van der Waals surface area contributed by atoms with Crippen molar-refractivity contribution >= 4 is 5.97 Å². The number of unbranched alkanes of at least 4 members (excludes halogenated alkanes) is 1. The molecule has 4 nitrogen and oxygen atoms in total. The Morgan fingerprint density at radius 3 is 2.60 bits per heavy atom. The minimum absolute atomic E-state index is 0.0619. The van der Waals surface area contributed by atoms with E-state index in [4.69, 9.17) is 14.2 Å². The standard InChI is InChI=1S/C21H30O4/c1-5-8-15-23-19(12-6-2)16-25-21(4,7-3)17-24-20(22)18-13-10-9-11-14-18/h6-7,9-11,13-14,19H,2-3,5,8,12,15-17H2,1,4H3/t19?,21-/m1/s1. The average molecular weight is 346 g/mol. The fourth-order valence-electron chi connectivity index (χ4n) is 2.07. The van der Waals surface area contributed by atoms with E-state index in [9.17, 15) is 4.79 Å². The number of carbonyl (C=O) groups is 1. The minimum Gasteiger partial charge on any atom is -0.459 e. The Balaban J connectivity index is 2.51. The number of benzene rings is 1. The van der Waals surface area contributed by atoms with Crippen LogP contribution in [0.3, 0.4) is 0 Å². The van der Waals surface area contributed by atoms with Crippen molar-refractivity contribution < 1.29 is 19.0 Å². The number of ether oxygens (including phenoxy) is 3. The predicted octanol–water partition coefficient (Wildman–Crippen LogP) is 4.57. The van der Waals surface area contributed by atoms with Gasteiger partial charge < -0.3 is 14.2 Å². The van der Waals surface area contributed by atoms with Gasteiger partial charge in [-0.2, -0.15) is 0 Å². The van der Waals surface area contributed by atoms with E-state index in [-0.39, 0.29) is 18.7 Å². The van der Waals surface area contributed by atoms with Crippen molar-refractivity contribution in [3.63, 3.8) is 0 Å². The van der Waals surface area contributed by atoms with Crippen LogP contribution in [0.15, 0.2) is 55.6 Å². The molecule has 138 valence electrons. The number of hydrogen-bond donors (Lipinski definition) is 0. The van der Waals surface area contributed by atoms with E-state index < -0.39 is 5.60 Å². The summed E-state index contributed by atoms with van der Waals surface area (Å²) in [7, 11) is 0. The van der Waals surface area contributed by atoms with Crippen molar-refractivity contribution in [2.75, 3.05) is 19.8 Å². The molecule has 0 aliphatic rings. The molecule has 25 heavy (non-hydrogen) atoms. The van der Waals surface area contributed by atoms with Gasteiger partial charge in [-0.15, -0.1) is 13.2 Å². The Morgan fingerprint density at radius 2 is 2.00 bits per heavy atom. The van der Waals surface area contributed by atoms with Crippen LogP contribution in [-0.4, -0.2) is 37.5 Å². The monoisotopic (exact) mass is 346 g/mol. The third-order valence-electron chi connectivity index (χ3n) is 3.81. The molecule has 1 unspecified atom stereocenters. The molecule has 0 N–H and O–H groups in total. The molecule has 0 radical (unpaired) electrons. The van der Waals surface area contributed by atoms with E-state index in [1.165, 1.54) is 0 Å². The van der Waals surface area contributed by atoms with Crippen molar-refractivity contribution in [1.29, 1.82) is 0 Å². The molecule has 1 aromatic rings. The summed E-state index contributed by atoms with van der Waals surface area (Å²) in [5, 5.41) is 0. The van der Waals surface area contributed by atoms with Gasteiger partial charge in [0.05, 0.1) is 18.3 Å². The van der Waals surface area contributed by atoms with Crippen molar-refractivity contribution in [2.45, 2.75) is 44.8 Å². The highest BCUT2D eigenvalue weighted by molar-refractivity contribution is 5.89. The van der Waals surface area contributed by atoms with Gasteiger partial charge in [0.25, 0.3) is 0 Å². The lowest BCUT2D eigenvalue weighted by Crippen LogP contribution is -2.36. The molecule has 0 spiro atoms. The van der Waals surface area contributed by atoms with Gasteiger partial charge in [0.2, 0.25) is 0 Å². The molecule has 1 rings (SSSR count). The van der Waals surface area contributed by atoms with E-state index in [2.05, 4.69) is 20.1 Å². The molecule has 0 aliphatic carbocycles. The molecule has 0 aromatic heterocycles. The number of rotatable bonds is 13. The largest absolute Gasteiger partial charge is 0.459 e. The van der Waals surface area contributed by atoms with Gasteiger partial charge in [-0.1, -0.05) is 43.7 Å². The lowest BCUT2D eigenvalue weighted by Gasteiger charge is -2.28. The van der Waals surface area contributed by atoms with Gasteiger partial charge in [-0.25, -0.2) is 4.79 Å². The Labute approximate surface area is 151 Å². The highest BCUT2D eigenvalue weighted by Crippen LogP contribution is 2.16. The first-order valence-corrected chi connectivity index (χ1v) is 8.77. The molecule has 2 atom stereocenters. The van der Waals surface area contributed by atoms with Crippen LogP contribution in [0.2, 0.25) is 0 Å². The van der Waals surface area contributed by atoms with Gasteiger partial charge in [0, 0.05) is 6.61 Å². The molecular formula is C21H30O4. The smallest absolute Gasteiger partial charge is 0.338 e. The van der Waals surface area contributed by atoms with Crippen LogP contribution in [0, 0.1) is 0 Å². The second-order valence-corrected chi connectivity index (χ2v) is 6.14. The second kappa shape index (κ2) is 11.6. The zero-order valence-corrected chi connectivity index (χ0v) is 15.4. The topological polar surface area (TPSA) is 44.8 Å². The number of esters is 1. The fraction of sp³-hybridized carbons (Fsp3) is 0.476. The normalized spacial score (nSPS) is 14.3. The third kappa shape index (κ3) is 8.14. The highest BCUT2D eigenvalue weighted by atomic mass is 16.6. The van der Waals surface area contributed by atoms with E-state index >= 15 is 0 Å². The Bertz CT molecular complexity index is 526. The quantitative estimate of drug-likeness (QED) is 0.298. The molecule has 0 saturated heterocycles. The van der Waals surface area contributed by atoms with Crippen LogP contribution in [0.25, 0.3) is 0 Å². The molecule has 0 amide bonds. The van der Waals surface area contributed by atoms with E-state index in [1.807, 2.05) is 19.1 Å². The van der Waals surface area contributed by atoms with Crippen molar-refractivity contribution in [2.24, 2.45) is 0 Å². The lowest BCUT2D eigenvalue weighted by atomic mass is 10.1. The summed E-state index contributed by atoms with van der Waals surface area (Å²) >= 11 is 0. The van der Waals surface area contributed by atoms with Gasteiger partial charge in [-0.3, -0.25) is 0 Å². The maximum absolute atomic E-state index is 12.1. The number of hydrogen-bond acceptors (Lipinski definition) is 4. The van der Waals surface area contributed by atoms with Crippen LogP contribution in [-0.2, 0) is 14.2 Å². The SMILES string of the molecule is C=CCC(CO[C@](C)(C=C)COC(=O)c1ccccc1)OCCCC. The van der Waals surface area contributed by atoms with E-state index in [0.29, 0.717) is 25.2 Å². The maximum atomic E-state index is 12.1. The zero-order valence-electron chi connectivity index (χ0n) is 15.4. The molecule has 4 heteroatoms. The summed E-state index contributed by atoms with van der Waals surface area (Å²) in [6.07, 6.45) is 6.22. The Morgan fingerprint density at radius 1 is 1.28 bits per heavy atom. The van der Waals surface area contributed by atoms with Gasteiger partial charge in [-0.05, 0) is 31.9 Å². The van der Waals surface area contributed by atoms with Crippen molar-refractivity contribution in [3.8, 4) is 0 Å². The predicted molar refractivity (Wildman–Crippen MR) is 101 cm³/mol. The van der Waals surface area contributed by atoms with E-state index in [1.54, 1.807) is 30.3 Å². The van der Waals surface area contributed by atoms with Gasteiger partial charge >= 0.3 is 5.97 Å². The molecule has 0 fully saturated rings.